The van der Waals surface area contributed by atoms with Gasteiger partial charge in [-0.25, -0.2) is 4.39 Å². The molecule has 4 nitrogen and oxygen atoms in total. The van der Waals surface area contributed by atoms with E-state index in [1.165, 1.54) is 12.1 Å². The van der Waals surface area contributed by atoms with Gasteiger partial charge in [0.25, 0.3) is 0 Å². The Hall–Kier alpha value is -1.27. The molecule has 0 radical (unpaired) electrons. The van der Waals surface area contributed by atoms with E-state index in [9.17, 15) is 4.39 Å². The molecule has 17 heavy (non-hydrogen) atoms. The highest BCUT2D eigenvalue weighted by molar-refractivity contribution is 9.10. The fourth-order valence-electron chi connectivity index (χ4n) is 1.34. The zero-order chi connectivity index (χ0) is 12.4. The molecule has 0 unspecified atom stereocenters. The number of hydrogen-bond donors (Lipinski definition) is 1. The van der Waals surface area contributed by atoms with Gasteiger partial charge in [0.1, 0.15) is 5.82 Å². The second-order valence-electron chi connectivity index (χ2n) is 3.60. The Kier molecular flexibility index (Phi) is 3.54. The van der Waals surface area contributed by atoms with Gasteiger partial charge in [0.15, 0.2) is 0 Å². The Balaban J connectivity index is 2.37. The molecule has 0 spiro atoms. The van der Waals surface area contributed by atoms with Crippen LogP contribution >= 0.6 is 15.9 Å². The van der Waals surface area contributed by atoms with Crippen LogP contribution in [0.25, 0.3) is 11.4 Å². The molecule has 1 atom stereocenters. The Bertz CT molecular complexity index is 529. The van der Waals surface area contributed by atoms with E-state index < -0.39 is 0 Å². The maximum atomic E-state index is 12.9. The zero-order valence-electron chi connectivity index (χ0n) is 9.15. The Morgan fingerprint density at radius 2 is 2.29 bits per heavy atom. The fourth-order valence-corrected chi connectivity index (χ4v) is 1.87. The van der Waals surface area contributed by atoms with Gasteiger partial charge in [0, 0.05) is 10.0 Å². The number of rotatable bonds is 3. The minimum absolute atomic E-state index is 0.268. The van der Waals surface area contributed by atoms with Crippen LogP contribution < -0.4 is 5.73 Å². The molecule has 0 aliphatic rings. The summed E-state index contributed by atoms with van der Waals surface area (Å²) in [5.41, 5.74) is 6.45. The summed E-state index contributed by atoms with van der Waals surface area (Å²) in [6, 6.07) is 4.02. The minimum Gasteiger partial charge on any atom is -0.337 e. The van der Waals surface area contributed by atoms with Crippen molar-refractivity contribution in [1.29, 1.82) is 0 Å². The molecule has 0 aliphatic heterocycles. The van der Waals surface area contributed by atoms with E-state index in [4.69, 9.17) is 10.3 Å². The summed E-state index contributed by atoms with van der Waals surface area (Å²) < 4.78 is 18.6. The van der Waals surface area contributed by atoms with Crippen LogP contribution in [0, 0.1) is 5.82 Å². The lowest BCUT2D eigenvalue weighted by Gasteiger charge is -2.00. The van der Waals surface area contributed by atoms with Crippen LogP contribution in [0.3, 0.4) is 0 Å². The predicted octanol–water partition coefficient (Wildman–Crippen LogP) is 3.05. The van der Waals surface area contributed by atoms with Gasteiger partial charge in [0.2, 0.25) is 11.7 Å². The molecule has 1 heterocycles. The first-order chi connectivity index (χ1) is 8.11. The third kappa shape index (κ3) is 2.53. The number of aromatic nitrogens is 2. The van der Waals surface area contributed by atoms with E-state index in [2.05, 4.69) is 26.1 Å². The van der Waals surface area contributed by atoms with Gasteiger partial charge < -0.3 is 10.3 Å². The molecular formula is C11H11BrFN3O. The first-order valence-electron chi connectivity index (χ1n) is 5.16. The average molecular weight is 300 g/mol. The molecule has 2 N–H and O–H groups in total. The number of benzene rings is 1. The molecule has 2 aromatic rings. The number of halogens is 2. The maximum Gasteiger partial charge on any atom is 0.243 e. The quantitative estimate of drug-likeness (QED) is 0.946. The second-order valence-corrected chi connectivity index (χ2v) is 4.45. The van der Waals surface area contributed by atoms with Crippen LogP contribution in [-0.4, -0.2) is 10.1 Å². The number of nitrogens with zero attached hydrogens (tertiary/aromatic N) is 2. The lowest BCUT2D eigenvalue weighted by atomic mass is 10.2. The SMILES string of the molecule is CC[C@H](N)c1nc(-c2ccc(F)cc2Br)no1. The average Bonchev–Trinajstić information content (AvgIpc) is 2.77. The van der Waals surface area contributed by atoms with E-state index in [0.717, 1.165) is 0 Å². The first-order valence-corrected chi connectivity index (χ1v) is 5.95. The van der Waals surface area contributed by atoms with Crippen LogP contribution in [-0.2, 0) is 0 Å². The standard InChI is InChI=1S/C11H11BrFN3O/c1-2-9(14)11-15-10(16-17-11)7-4-3-6(13)5-8(7)12/h3-5,9H,2,14H2,1H3/t9-/m0/s1. The predicted molar refractivity (Wildman–Crippen MR) is 64.6 cm³/mol. The highest BCUT2D eigenvalue weighted by atomic mass is 79.9. The van der Waals surface area contributed by atoms with Gasteiger partial charge in [-0.1, -0.05) is 12.1 Å². The van der Waals surface area contributed by atoms with Gasteiger partial charge >= 0.3 is 0 Å². The van der Waals surface area contributed by atoms with E-state index in [-0.39, 0.29) is 11.9 Å². The van der Waals surface area contributed by atoms with Crippen LogP contribution in [0.1, 0.15) is 25.3 Å². The molecule has 90 valence electrons. The smallest absolute Gasteiger partial charge is 0.243 e. The molecule has 0 saturated carbocycles. The second kappa shape index (κ2) is 4.93. The van der Waals surface area contributed by atoms with E-state index in [1.54, 1.807) is 6.07 Å². The van der Waals surface area contributed by atoms with Crippen LogP contribution in [0.4, 0.5) is 4.39 Å². The molecule has 2 rings (SSSR count). The fraction of sp³-hybridized carbons (Fsp3) is 0.273. The van der Waals surface area contributed by atoms with Gasteiger partial charge in [-0.3, -0.25) is 0 Å². The van der Waals surface area contributed by atoms with Crippen molar-refractivity contribution in [1.82, 2.24) is 10.1 Å². The molecule has 6 heteroatoms. The number of hydrogen-bond acceptors (Lipinski definition) is 4. The van der Waals surface area contributed by atoms with Gasteiger partial charge in [-0.05, 0) is 40.5 Å². The first kappa shape index (κ1) is 12.2. The van der Waals surface area contributed by atoms with Crippen molar-refractivity contribution in [2.75, 3.05) is 0 Å². The van der Waals surface area contributed by atoms with Gasteiger partial charge in [0.05, 0.1) is 6.04 Å². The van der Waals surface area contributed by atoms with Gasteiger partial charge in [-0.15, -0.1) is 0 Å². The molecule has 0 fully saturated rings. The van der Waals surface area contributed by atoms with Crippen molar-refractivity contribution < 1.29 is 8.91 Å². The Morgan fingerprint density at radius 3 is 2.94 bits per heavy atom. The monoisotopic (exact) mass is 299 g/mol. The van der Waals surface area contributed by atoms with Crippen LogP contribution in [0.2, 0.25) is 0 Å². The third-order valence-electron chi connectivity index (χ3n) is 2.37. The van der Waals surface area contributed by atoms with Gasteiger partial charge in [-0.2, -0.15) is 4.98 Å². The van der Waals surface area contributed by atoms with Crippen molar-refractivity contribution in [3.8, 4) is 11.4 Å². The van der Waals surface area contributed by atoms with E-state index >= 15 is 0 Å². The third-order valence-corrected chi connectivity index (χ3v) is 3.03. The molecule has 1 aromatic carbocycles. The molecule has 0 bridgehead atoms. The van der Waals surface area contributed by atoms with Crippen LogP contribution in [0.15, 0.2) is 27.2 Å². The topological polar surface area (TPSA) is 64.9 Å². The van der Waals surface area contributed by atoms with Crippen molar-refractivity contribution in [2.45, 2.75) is 19.4 Å². The normalized spacial score (nSPS) is 12.7. The summed E-state index contributed by atoms with van der Waals surface area (Å²) in [6.45, 7) is 1.93. The molecule has 1 aromatic heterocycles. The zero-order valence-corrected chi connectivity index (χ0v) is 10.7. The molecule has 0 aliphatic carbocycles. The number of nitrogens with two attached hydrogens (primary N) is 1. The molecule has 0 saturated heterocycles. The van der Waals surface area contributed by atoms with Crippen molar-refractivity contribution in [3.05, 3.63) is 34.4 Å². The highest BCUT2D eigenvalue weighted by Gasteiger charge is 2.15. The highest BCUT2D eigenvalue weighted by Crippen LogP contribution is 2.27. The summed E-state index contributed by atoms with van der Waals surface area (Å²) >= 11 is 3.25. The van der Waals surface area contributed by atoms with E-state index in [0.29, 0.717) is 28.2 Å². The maximum absolute atomic E-state index is 12.9. The summed E-state index contributed by atoms with van der Waals surface area (Å²) in [5, 5.41) is 3.83. The summed E-state index contributed by atoms with van der Waals surface area (Å²) in [7, 11) is 0. The van der Waals surface area contributed by atoms with Crippen LogP contribution in [0.5, 0.6) is 0 Å². The molecular weight excluding hydrogens is 289 g/mol. The van der Waals surface area contributed by atoms with Crippen molar-refractivity contribution in [3.63, 3.8) is 0 Å². The summed E-state index contributed by atoms with van der Waals surface area (Å²) in [5.74, 6) is 0.462. The lowest BCUT2D eigenvalue weighted by Crippen LogP contribution is -2.08. The summed E-state index contributed by atoms with van der Waals surface area (Å²) in [4.78, 5) is 4.19. The lowest BCUT2D eigenvalue weighted by molar-refractivity contribution is 0.352. The largest absolute Gasteiger partial charge is 0.337 e. The Morgan fingerprint density at radius 1 is 1.53 bits per heavy atom. The van der Waals surface area contributed by atoms with E-state index in [1.807, 2.05) is 6.92 Å². The van der Waals surface area contributed by atoms with Crippen molar-refractivity contribution >= 4 is 15.9 Å². The Labute approximate surface area is 106 Å². The summed E-state index contributed by atoms with van der Waals surface area (Å²) in [6.07, 6.45) is 0.715. The van der Waals surface area contributed by atoms with Crippen molar-refractivity contribution in [2.24, 2.45) is 5.73 Å². The minimum atomic E-state index is -0.324. The molecule has 0 amide bonds.